The number of hydrogen-bond acceptors (Lipinski definition) is 4. The lowest BCUT2D eigenvalue weighted by atomic mass is 9.93. The number of carbonyl (C=O) groups is 2. The van der Waals surface area contributed by atoms with Crippen molar-refractivity contribution in [1.82, 2.24) is 10.6 Å². The SMILES string of the molecule is O=C(NC1CCC(O)CC1)NC(CO)C(=O)O. The van der Waals surface area contributed by atoms with Gasteiger partial charge in [0.25, 0.3) is 0 Å². The van der Waals surface area contributed by atoms with E-state index in [1.807, 2.05) is 0 Å². The van der Waals surface area contributed by atoms with Crippen molar-refractivity contribution >= 4 is 12.0 Å². The number of hydrogen-bond donors (Lipinski definition) is 5. The van der Waals surface area contributed by atoms with Gasteiger partial charge in [-0.2, -0.15) is 0 Å². The first kappa shape index (κ1) is 13.7. The Hall–Kier alpha value is -1.34. The summed E-state index contributed by atoms with van der Waals surface area (Å²) in [5.74, 6) is -1.28. The van der Waals surface area contributed by atoms with E-state index in [0.29, 0.717) is 25.7 Å². The first-order valence-corrected chi connectivity index (χ1v) is 5.61. The van der Waals surface area contributed by atoms with Crippen LogP contribution in [0.1, 0.15) is 25.7 Å². The van der Waals surface area contributed by atoms with Crippen LogP contribution in [0.2, 0.25) is 0 Å². The van der Waals surface area contributed by atoms with Crippen LogP contribution in [0.25, 0.3) is 0 Å². The van der Waals surface area contributed by atoms with E-state index in [0.717, 1.165) is 0 Å². The summed E-state index contributed by atoms with van der Waals surface area (Å²) in [4.78, 5) is 22.0. The van der Waals surface area contributed by atoms with Crippen molar-refractivity contribution in [2.45, 2.75) is 43.9 Å². The zero-order valence-corrected chi connectivity index (χ0v) is 9.43. The quantitative estimate of drug-likeness (QED) is 0.437. The molecule has 0 spiro atoms. The number of carboxylic acid groups (broad SMARTS) is 1. The minimum absolute atomic E-state index is 0.0495. The molecule has 0 aliphatic heterocycles. The number of rotatable bonds is 4. The molecule has 0 saturated heterocycles. The van der Waals surface area contributed by atoms with Crippen molar-refractivity contribution in [1.29, 1.82) is 0 Å². The molecule has 0 heterocycles. The Kier molecular flexibility index (Phi) is 5.17. The summed E-state index contributed by atoms with van der Waals surface area (Å²) in [5, 5.41) is 31.4. The highest BCUT2D eigenvalue weighted by Crippen LogP contribution is 2.17. The molecular formula is C10H18N2O5. The van der Waals surface area contributed by atoms with Crippen LogP contribution < -0.4 is 10.6 Å². The highest BCUT2D eigenvalue weighted by Gasteiger charge is 2.23. The number of urea groups is 1. The van der Waals surface area contributed by atoms with Gasteiger partial charge in [0.1, 0.15) is 0 Å². The number of aliphatic hydroxyl groups is 2. The van der Waals surface area contributed by atoms with Crippen LogP contribution in [0.15, 0.2) is 0 Å². The lowest BCUT2D eigenvalue weighted by Crippen LogP contribution is -2.51. The van der Waals surface area contributed by atoms with E-state index in [1.54, 1.807) is 0 Å². The van der Waals surface area contributed by atoms with Gasteiger partial charge in [-0.05, 0) is 25.7 Å². The van der Waals surface area contributed by atoms with Crippen LogP contribution in [-0.4, -0.2) is 52.1 Å². The van der Waals surface area contributed by atoms with Gasteiger partial charge >= 0.3 is 12.0 Å². The predicted molar refractivity (Wildman–Crippen MR) is 58.4 cm³/mol. The summed E-state index contributed by atoms with van der Waals surface area (Å²) < 4.78 is 0. The maximum absolute atomic E-state index is 11.4. The van der Waals surface area contributed by atoms with Gasteiger partial charge in [0.15, 0.2) is 6.04 Å². The molecule has 7 nitrogen and oxygen atoms in total. The van der Waals surface area contributed by atoms with Gasteiger partial charge < -0.3 is 26.0 Å². The van der Waals surface area contributed by atoms with Gasteiger partial charge in [-0.3, -0.25) is 0 Å². The second-order valence-electron chi connectivity index (χ2n) is 4.20. The van der Waals surface area contributed by atoms with E-state index in [4.69, 9.17) is 10.2 Å². The lowest BCUT2D eigenvalue weighted by molar-refractivity contribution is -0.140. The number of carbonyl (C=O) groups excluding carboxylic acids is 1. The highest BCUT2D eigenvalue weighted by molar-refractivity contribution is 5.82. The van der Waals surface area contributed by atoms with E-state index >= 15 is 0 Å². The van der Waals surface area contributed by atoms with Crippen molar-refractivity contribution in [2.24, 2.45) is 0 Å². The monoisotopic (exact) mass is 246 g/mol. The molecule has 1 rings (SSSR count). The average molecular weight is 246 g/mol. The third-order valence-electron chi connectivity index (χ3n) is 2.82. The van der Waals surface area contributed by atoms with Crippen LogP contribution >= 0.6 is 0 Å². The molecule has 1 aliphatic rings. The molecule has 2 amide bonds. The third-order valence-corrected chi connectivity index (χ3v) is 2.82. The maximum Gasteiger partial charge on any atom is 0.328 e. The minimum Gasteiger partial charge on any atom is -0.480 e. The Morgan fingerprint density at radius 1 is 1.24 bits per heavy atom. The van der Waals surface area contributed by atoms with Crippen LogP contribution in [0.3, 0.4) is 0 Å². The zero-order valence-electron chi connectivity index (χ0n) is 9.43. The van der Waals surface area contributed by atoms with Gasteiger partial charge in [0.2, 0.25) is 0 Å². The zero-order chi connectivity index (χ0) is 12.8. The Labute approximate surface area is 98.8 Å². The Balaban J connectivity index is 2.31. The number of aliphatic hydroxyl groups excluding tert-OH is 2. The molecule has 1 saturated carbocycles. The smallest absolute Gasteiger partial charge is 0.328 e. The number of nitrogens with one attached hydrogen (secondary N) is 2. The fourth-order valence-electron chi connectivity index (χ4n) is 1.79. The van der Waals surface area contributed by atoms with E-state index in [1.165, 1.54) is 0 Å². The van der Waals surface area contributed by atoms with Gasteiger partial charge in [-0.25, -0.2) is 9.59 Å². The van der Waals surface area contributed by atoms with Gasteiger partial charge in [-0.15, -0.1) is 0 Å². The molecule has 1 aliphatic carbocycles. The second-order valence-corrected chi connectivity index (χ2v) is 4.20. The largest absolute Gasteiger partial charge is 0.480 e. The summed E-state index contributed by atoms with van der Waals surface area (Å²) in [6, 6.07) is -1.94. The molecule has 0 radical (unpaired) electrons. The van der Waals surface area contributed by atoms with Gasteiger partial charge in [0, 0.05) is 6.04 Å². The Morgan fingerprint density at radius 3 is 2.29 bits per heavy atom. The van der Waals surface area contributed by atoms with E-state index < -0.39 is 24.6 Å². The van der Waals surface area contributed by atoms with Gasteiger partial charge in [-0.1, -0.05) is 0 Å². The van der Waals surface area contributed by atoms with Crippen molar-refractivity contribution < 1.29 is 24.9 Å². The molecule has 7 heteroatoms. The molecule has 5 N–H and O–H groups in total. The van der Waals surface area contributed by atoms with Crippen molar-refractivity contribution in [3.63, 3.8) is 0 Å². The minimum atomic E-state index is -1.29. The van der Waals surface area contributed by atoms with Crippen LogP contribution in [0, 0.1) is 0 Å². The average Bonchev–Trinajstić information content (AvgIpc) is 2.28. The molecule has 98 valence electrons. The van der Waals surface area contributed by atoms with Crippen LogP contribution in [-0.2, 0) is 4.79 Å². The first-order valence-electron chi connectivity index (χ1n) is 5.61. The van der Waals surface area contributed by atoms with E-state index in [-0.39, 0.29) is 12.1 Å². The summed E-state index contributed by atoms with van der Waals surface area (Å²) in [6.45, 7) is -0.647. The number of carboxylic acids is 1. The molecule has 1 atom stereocenters. The summed E-state index contributed by atoms with van der Waals surface area (Å²) in [6.07, 6.45) is 2.30. The lowest BCUT2D eigenvalue weighted by Gasteiger charge is -2.26. The highest BCUT2D eigenvalue weighted by atomic mass is 16.4. The third kappa shape index (κ3) is 4.58. The number of amides is 2. The van der Waals surface area contributed by atoms with Crippen molar-refractivity contribution in [3.8, 4) is 0 Å². The Bertz CT molecular complexity index is 276. The molecule has 1 unspecified atom stereocenters. The molecular weight excluding hydrogens is 228 g/mol. The number of aliphatic carboxylic acids is 1. The van der Waals surface area contributed by atoms with Crippen molar-refractivity contribution in [3.05, 3.63) is 0 Å². The molecule has 0 aromatic carbocycles. The Morgan fingerprint density at radius 2 is 1.82 bits per heavy atom. The molecule has 17 heavy (non-hydrogen) atoms. The van der Waals surface area contributed by atoms with E-state index in [9.17, 15) is 14.7 Å². The van der Waals surface area contributed by atoms with Crippen LogP contribution in [0.5, 0.6) is 0 Å². The molecule has 1 fully saturated rings. The summed E-state index contributed by atoms with van der Waals surface area (Å²) in [7, 11) is 0. The van der Waals surface area contributed by atoms with Crippen molar-refractivity contribution in [2.75, 3.05) is 6.61 Å². The summed E-state index contributed by atoms with van der Waals surface area (Å²) in [5.41, 5.74) is 0. The molecule has 0 bridgehead atoms. The summed E-state index contributed by atoms with van der Waals surface area (Å²) >= 11 is 0. The van der Waals surface area contributed by atoms with Crippen LogP contribution in [0.4, 0.5) is 4.79 Å². The normalized spacial score (nSPS) is 26.0. The predicted octanol–water partition coefficient (Wildman–Crippen LogP) is -0.965. The van der Waals surface area contributed by atoms with Gasteiger partial charge in [0.05, 0.1) is 12.7 Å². The fourth-order valence-corrected chi connectivity index (χ4v) is 1.79. The standard InChI is InChI=1S/C10H18N2O5/c13-5-8(9(15)16)12-10(17)11-6-1-3-7(14)4-2-6/h6-8,13-14H,1-5H2,(H,15,16)(H2,11,12,17). The molecule has 0 aromatic rings. The maximum atomic E-state index is 11.4. The second kappa shape index (κ2) is 6.41. The fraction of sp³-hybridized carbons (Fsp3) is 0.800. The molecule has 0 aromatic heterocycles. The first-order chi connectivity index (χ1) is 8.02. The van der Waals surface area contributed by atoms with E-state index in [2.05, 4.69) is 10.6 Å². The topological polar surface area (TPSA) is 119 Å².